The summed E-state index contributed by atoms with van der Waals surface area (Å²) in [6.45, 7) is 4.99. The van der Waals surface area contributed by atoms with E-state index in [0.29, 0.717) is 12.6 Å². The lowest BCUT2D eigenvalue weighted by Gasteiger charge is -2.42. The number of nitrogens with one attached hydrogen (secondary N) is 1. The number of hydrogen-bond donors (Lipinski definition) is 2. The van der Waals surface area contributed by atoms with Crippen molar-refractivity contribution in [2.75, 3.05) is 26.7 Å². The van der Waals surface area contributed by atoms with Gasteiger partial charge in [0, 0.05) is 19.6 Å². The maximum Gasteiger partial charge on any atom is 0.317 e. The Morgan fingerprint density at radius 3 is 2.62 bits per heavy atom. The number of likely N-dealkylation sites (N-methyl/N-ethyl adjacent to an activating group) is 2. The van der Waals surface area contributed by atoms with Crippen LogP contribution < -0.4 is 5.32 Å². The van der Waals surface area contributed by atoms with Crippen LogP contribution in [-0.4, -0.2) is 65.2 Å². The summed E-state index contributed by atoms with van der Waals surface area (Å²) < 4.78 is 0. The summed E-state index contributed by atoms with van der Waals surface area (Å²) >= 11 is 0. The van der Waals surface area contributed by atoms with Crippen LogP contribution in [0.5, 0.6) is 0 Å². The van der Waals surface area contributed by atoms with Gasteiger partial charge in [0.25, 0.3) is 0 Å². The molecule has 1 aliphatic carbocycles. The highest BCUT2D eigenvalue weighted by Crippen LogP contribution is 2.35. The molecule has 21 heavy (non-hydrogen) atoms. The van der Waals surface area contributed by atoms with Crippen molar-refractivity contribution in [3.8, 4) is 0 Å². The molecule has 2 amide bonds. The molecule has 1 unspecified atom stereocenters. The molecule has 0 aromatic rings. The van der Waals surface area contributed by atoms with Crippen molar-refractivity contribution in [2.45, 2.75) is 57.0 Å². The van der Waals surface area contributed by atoms with E-state index in [-0.39, 0.29) is 12.5 Å². The number of carboxylic acids is 1. The molecule has 0 radical (unpaired) electrons. The van der Waals surface area contributed by atoms with Crippen LogP contribution in [0, 0.1) is 0 Å². The maximum atomic E-state index is 12.3. The predicted molar refractivity (Wildman–Crippen MR) is 80.3 cm³/mol. The molecule has 6 nitrogen and oxygen atoms in total. The molecule has 2 aliphatic rings. The third kappa shape index (κ3) is 3.87. The van der Waals surface area contributed by atoms with Crippen LogP contribution in [0.1, 0.15) is 45.4 Å². The number of nitrogens with zero attached hydrogens (tertiary/aromatic N) is 2. The van der Waals surface area contributed by atoms with E-state index in [9.17, 15) is 9.59 Å². The topological polar surface area (TPSA) is 72.9 Å². The second-order valence-electron chi connectivity index (χ2n) is 6.44. The van der Waals surface area contributed by atoms with Gasteiger partial charge in [-0.3, -0.25) is 9.69 Å². The van der Waals surface area contributed by atoms with Crippen molar-refractivity contribution in [3.63, 3.8) is 0 Å². The van der Waals surface area contributed by atoms with Crippen LogP contribution in [0.25, 0.3) is 0 Å². The Bertz CT molecular complexity index is 396. The molecule has 1 atom stereocenters. The van der Waals surface area contributed by atoms with Crippen molar-refractivity contribution in [1.82, 2.24) is 15.1 Å². The first kappa shape index (κ1) is 16.1. The number of carbonyl (C=O) groups is 2. The van der Waals surface area contributed by atoms with Crippen LogP contribution in [0.4, 0.5) is 4.79 Å². The molecule has 1 saturated heterocycles. The van der Waals surface area contributed by atoms with Gasteiger partial charge in [-0.1, -0.05) is 6.92 Å². The van der Waals surface area contributed by atoms with Gasteiger partial charge in [0.05, 0.1) is 12.0 Å². The summed E-state index contributed by atoms with van der Waals surface area (Å²) in [5.74, 6) is -0.842. The van der Waals surface area contributed by atoms with Crippen LogP contribution in [-0.2, 0) is 4.79 Å². The van der Waals surface area contributed by atoms with E-state index in [1.54, 1.807) is 11.9 Å². The highest BCUT2D eigenvalue weighted by molar-refractivity contribution is 5.77. The molecule has 1 aliphatic heterocycles. The molecule has 2 N–H and O–H groups in total. The van der Waals surface area contributed by atoms with E-state index in [0.717, 1.165) is 38.8 Å². The van der Waals surface area contributed by atoms with E-state index in [1.807, 2.05) is 0 Å². The Hall–Kier alpha value is -1.30. The fourth-order valence-electron chi connectivity index (χ4n) is 3.48. The van der Waals surface area contributed by atoms with Gasteiger partial charge < -0.3 is 15.3 Å². The minimum absolute atomic E-state index is 0.0249. The normalized spacial score (nSPS) is 24.4. The molecule has 1 heterocycles. The van der Waals surface area contributed by atoms with Gasteiger partial charge in [0.1, 0.15) is 0 Å². The molecular formula is C15H27N3O3. The summed E-state index contributed by atoms with van der Waals surface area (Å²) in [5.41, 5.74) is -0.517. The van der Waals surface area contributed by atoms with Crippen molar-refractivity contribution < 1.29 is 14.7 Å². The molecule has 0 aromatic heterocycles. The quantitative estimate of drug-likeness (QED) is 0.779. The van der Waals surface area contributed by atoms with Crippen molar-refractivity contribution >= 4 is 12.0 Å². The molecule has 2 rings (SSSR count). The number of carbonyl (C=O) groups excluding carboxylic acids is 1. The van der Waals surface area contributed by atoms with Crippen LogP contribution in [0.3, 0.4) is 0 Å². The second-order valence-corrected chi connectivity index (χ2v) is 6.44. The summed E-state index contributed by atoms with van der Waals surface area (Å²) in [7, 11) is 1.80. The average molecular weight is 297 g/mol. The average Bonchev–Trinajstić information content (AvgIpc) is 2.82. The molecule has 0 bridgehead atoms. The van der Waals surface area contributed by atoms with Crippen LogP contribution in [0.2, 0.25) is 0 Å². The molecule has 6 heteroatoms. The zero-order chi connectivity index (χ0) is 15.5. The van der Waals surface area contributed by atoms with E-state index < -0.39 is 11.5 Å². The Balaban J connectivity index is 1.86. The predicted octanol–water partition coefficient (Wildman–Crippen LogP) is 1.51. The Morgan fingerprint density at radius 1 is 1.38 bits per heavy atom. The highest BCUT2D eigenvalue weighted by Gasteiger charge is 2.41. The molecule has 1 saturated carbocycles. The SMILES string of the molecule is CCN1CCCC1CN(C)C(=O)NC1(CC(=O)O)CCC1. The van der Waals surface area contributed by atoms with Gasteiger partial charge >= 0.3 is 12.0 Å². The number of likely N-dealkylation sites (tertiary alicyclic amines) is 1. The van der Waals surface area contributed by atoms with Gasteiger partial charge in [-0.2, -0.15) is 0 Å². The summed E-state index contributed by atoms with van der Waals surface area (Å²) in [4.78, 5) is 27.4. The fraction of sp³-hybridized carbons (Fsp3) is 0.867. The first-order valence-corrected chi connectivity index (χ1v) is 7.95. The van der Waals surface area contributed by atoms with E-state index >= 15 is 0 Å². The lowest BCUT2D eigenvalue weighted by atomic mass is 9.74. The van der Waals surface area contributed by atoms with Crippen molar-refractivity contribution in [3.05, 3.63) is 0 Å². The van der Waals surface area contributed by atoms with Gasteiger partial charge in [-0.15, -0.1) is 0 Å². The lowest BCUT2D eigenvalue weighted by Crippen LogP contribution is -2.58. The smallest absolute Gasteiger partial charge is 0.317 e. The molecule has 120 valence electrons. The van der Waals surface area contributed by atoms with Gasteiger partial charge in [-0.25, -0.2) is 4.79 Å². The van der Waals surface area contributed by atoms with Crippen LogP contribution >= 0.6 is 0 Å². The number of rotatable bonds is 6. The van der Waals surface area contributed by atoms with Gasteiger partial charge in [0.2, 0.25) is 0 Å². The largest absolute Gasteiger partial charge is 0.481 e. The number of hydrogen-bond acceptors (Lipinski definition) is 3. The number of carboxylic acid groups (broad SMARTS) is 1. The highest BCUT2D eigenvalue weighted by atomic mass is 16.4. The third-order valence-electron chi connectivity index (χ3n) is 4.91. The van der Waals surface area contributed by atoms with E-state index in [4.69, 9.17) is 5.11 Å². The first-order chi connectivity index (χ1) is 9.96. The van der Waals surface area contributed by atoms with E-state index in [2.05, 4.69) is 17.1 Å². The minimum Gasteiger partial charge on any atom is -0.481 e. The van der Waals surface area contributed by atoms with Crippen molar-refractivity contribution in [2.24, 2.45) is 0 Å². The minimum atomic E-state index is -0.842. The van der Waals surface area contributed by atoms with Gasteiger partial charge in [0.15, 0.2) is 0 Å². The molecular weight excluding hydrogens is 270 g/mol. The summed E-state index contributed by atoms with van der Waals surface area (Å²) in [5, 5.41) is 11.9. The monoisotopic (exact) mass is 297 g/mol. The Kier molecular flexibility index (Phi) is 5.08. The standard InChI is InChI=1S/C15H27N3O3/c1-3-18-9-4-6-12(18)11-17(2)14(21)16-15(7-5-8-15)10-13(19)20/h12H,3-11H2,1-2H3,(H,16,21)(H,19,20). The maximum absolute atomic E-state index is 12.3. The molecule has 0 spiro atoms. The fourth-order valence-corrected chi connectivity index (χ4v) is 3.48. The number of aliphatic carboxylic acids is 1. The zero-order valence-electron chi connectivity index (χ0n) is 13.1. The first-order valence-electron chi connectivity index (χ1n) is 7.95. The van der Waals surface area contributed by atoms with Gasteiger partial charge in [-0.05, 0) is 45.2 Å². The number of amides is 2. The summed E-state index contributed by atoms with van der Waals surface area (Å²) in [6, 6.07) is 0.293. The molecule has 2 fully saturated rings. The Morgan fingerprint density at radius 2 is 2.10 bits per heavy atom. The second kappa shape index (κ2) is 6.64. The van der Waals surface area contributed by atoms with Crippen molar-refractivity contribution in [1.29, 1.82) is 0 Å². The number of urea groups is 1. The Labute approximate surface area is 126 Å². The van der Waals surface area contributed by atoms with E-state index in [1.165, 1.54) is 6.42 Å². The summed E-state index contributed by atoms with van der Waals surface area (Å²) in [6.07, 6.45) is 4.87. The van der Waals surface area contributed by atoms with Crippen LogP contribution in [0.15, 0.2) is 0 Å². The third-order valence-corrected chi connectivity index (χ3v) is 4.91. The molecule has 0 aromatic carbocycles. The zero-order valence-corrected chi connectivity index (χ0v) is 13.1. The lowest BCUT2D eigenvalue weighted by molar-refractivity contribution is -0.139.